The number of likely N-dealkylation sites (tertiary alicyclic amines) is 2. The molecule has 2 heterocycles. The lowest BCUT2D eigenvalue weighted by molar-refractivity contribution is -0.152. The summed E-state index contributed by atoms with van der Waals surface area (Å²) in [6, 6.07) is 10.0. The van der Waals surface area contributed by atoms with Gasteiger partial charge in [-0.15, -0.1) is 0 Å². The van der Waals surface area contributed by atoms with Gasteiger partial charge in [-0.1, -0.05) is 37.3 Å². The fraction of sp³-hybridized carbons (Fsp3) is 0.579. The largest absolute Gasteiger partial charge is 0.481 e. The van der Waals surface area contributed by atoms with Gasteiger partial charge in [0.15, 0.2) is 0 Å². The van der Waals surface area contributed by atoms with Crippen LogP contribution in [0.3, 0.4) is 0 Å². The van der Waals surface area contributed by atoms with Gasteiger partial charge in [0.05, 0.1) is 31.2 Å². The third-order valence-corrected chi connectivity index (χ3v) is 5.57. The minimum Gasteiger partial charge on any atom is -0.481 e. The Labute approximate surface area is 148 Å². The first kappa shape index (κ1) is 17.7. The van der Waals surface area contributed by atoms with E-state index >= 15 is 0 Å². The molecule has 1 N–H and O–H groups in total. The molecule has 0 aromatic heterocycles. The summed E-state index contributed by atoms with van der Waals surface area (Å²) in [4.78, 5) is 27.6. The molecule has 0 bridgehead atoms. The molecule has 1 aromatic rings. The van der Waals surface area contributed by atoms with Crippen LogP contribution in [0.2, 0.25) is 0 Å². The van der Waals surface area contributed by atoms with Gasteiger partial charge in [-0.2, -0.15) is 0 Å². The van der Waals surface area contributed by atoms with Gasteiger partial charge in [-0.3, -0.25) is 4.79 Å². The molecule has 1 aromatic carbocycles. The first-order valence-corrected chi connectivity index (χ1v) is 8.97. The molecule has 0 atom stereocenters. The lowest BCUT2D eigenvalue weighted by Crippen LogP contribution is -2.60. The number of aliphatic carboxylic acids is 1. The number of hydrogen-bond donors (Lipinski definition) is 1. The quantitative estimate of drug-likeness (QED) is 0.890. The van der Waals surface area contributed by atoms with Crippen LogP contribution in [0.5, 0.6) is 0 Å². The van der Waals surface area contributed by atoms with Crippen molar-refractivity contribution in [2.24, 2.45) is 5.41 Å². The third kappa shape index (κ3) is 3.79. The van der Waals surface area contributed by atoms with Crippen LogP contribution in [0.15, 0.2) is 30.3 Å². The third-order valence-electron chi connectivity index (χ3n) is 5.57. The van der Waals surface area contributed by atoms with E-state index < -0.39 is 11.4 Å². The monoisotopic (exact) mass is 346 g/mol. The molecule has 0 radical (unpaired) electrons. The highest BCUT2D eigenvalue weighted by Gasteiger charge is 2.42. The van der Waals surface area contributed by atoms with Crippen molar-refractivity contribution in [3.8, 4) is 0 Å². The molecule has 2 saturated heterocycles. The average Bonchev–Trinajstić information content (AvgIpc) is 2.61. The lowest BCUT2D eigenvalue weighted by Gasteiger charge is -2.44. The highest BCUT2D eigenvalue weighted by molar-refractivity contribution is 5.77. The van der Waals surface area contributed by atoms with E-state index in [1.54, 1.807) is 9.80 Å². The summed E-state index contributed by atoms with van der Waals surface area (Å²) in [5.74, 6) is -0.736. The first-order chi connectivity index (χ1) is 12.0. The van der Waals surface area contributed by atoms with Crippen molar-refractivity contribution in [2.75, 3.05) is 26.2 Å². The zero-order chi connectivity index (χ0) is 17.9. The Hall–Kier alpha value is -2.08. The lowest BCUT2D eigenvalue weighted by atomic mass is 9.76. The molecule has 2 aliphatic rings. The Bertz CT molecular complexity index is 605. The molecule has 0 aliphatic carbocycles. The number of urea groups is 1. The van der Waals surface area contributed by atoms with Gasteiger partial charge in [0.2, 0.25) is 0 Å². The molecule has 0 saturated carbocycles. The fourth-order valence-electron chi connectivity index (χ4n) is 3.53. The van der Waals surface area contributed by atoms with Crippen molar-refractivity contribution in [3.05, 3.63) is 35.9 Å². The Morgan fingerprint density at radius 2 is 1.80 bits per heavy atom. The van der Waals surface area contributed by atoms with Crippen molar-refractivity contribution < 1.29 is 19.4 Å². The Kier molecular flexibility index (Phi) is 5.27. The second kappa shape index (κ2) is 7.44. The zero-order valence-corrected chi connectivity index (χ0v) is 14.7. The van der Waals surface area contributed by atoms with Gasteiger partial charge in [0.25, 0.3) is 0 Å². The van der Waals surface area contributed by atoms with Gasteiger partial charge < -0.3 is 19.6 Å². The highest BCUT2D eigenvalue weighted by Crippen LogP contribution is 2.35. The average molecular weight is 346 g/mol. The van der Waals surface area contributed by atoms with E-state index in [0.29, 0.717) is 52.0 Å². The molecule has 6 nitrogen and oxygen atoms in total. The van der Waals surface area contributed by atoms with Crippen molar-refractivity contribution in [1.29, 1.82) is 0 Å². The number of benzene rings is 1. The summed E-state index contributed by atoms with van der Waals surface area (Å²) in [7, 11) is 0. The number of nitrogens with zero attached hydrogens (tertiary/aromatic N) is 2. The number of carbonyl (C=O) groups is 2. The van der Waals surface area contributed by atoms with Crippen LogP contribution < -0.4 is 0 Å². The maximum Gasteiger partial charge on any atom is 0.320 e. The van der Waals surface area contributed by atoms with E-state index in [2.05, 4.69) is 0 Å². The minimum atomic E-state index is -0.736. The number of ether oxygens (including phenoxy) is 1. The van der Waals surface area contributed by atoms with Crippen molar-refractivity contribution >= 4 is 12.0 Å². The smallest absolute Gasteiger partial charge is 0.320 e. The summed E-state index contributed by atoms with van der Waals surface area (Å²) in [5, 5.41) is 9.44. The zero-order valence-electron chi connectivity index (χ0n) is 14.7. The highest BCUT2D eigenvalue weighted by atomic mass is 16.5. The molecular formula is C19H26N2O4. The SMILES string of the molecule is CCC1(C(=O)O)CCN(C(=O)N2CC(OCc3ccccc3)C2)CC1. The predicted molar refractivity (Wildman–Crippen MR) is 93.2 cm³/mol. The van der Waals surface area contributed by atoms with Gasteiger partial charge in [-0.05, 0) is 24.8 Å². The normalized spacial score (nSPS) is 20.2. The Balaban J connectivity index is 1.41. The molecule has 0 unspecified atom stereocenters. The van der Waals surface area contributed by atoms with E-state index in [0.717, 1.165) is 5.56 Å². The number of amides is 2. The molecule has 6 heteroatoms. The van der Waals surface area contributed by atoms with Gasteiger partial charge >= 0.3 is 12.0 Å². The Morgan fingerprint density at radius 1 is 1.16 bits per heavy atom. The van der Waals surface area contributed by atoms with E-state index in [1.165, 1.54) is 0 Å². The van der Waals surface area contributed by atoms with E-state index in [4.69, 9.17) is 4.74 Å². The predicted octanol–water partition coefficient (Wildman–Crippen LogP) is 2.58. The standard InChI is InChI=1S/C19H26N2O4/c1-2-19(17(22)23)8-10-20(11-9-19)18(24)21-12-16(13-21)25-14-15-6-4-3-5-7-15/h3-7,16H,2,8-14H2,1H3,(H,22,23). The molecule has 2 aliphatic heterocycles. The van der Waals surface area contributed by atoms with E-state index in [1.807, 2.05) is 37.3 Å². The van der Waals surface area contributed by atoms with Crippen LogP contribution in [0.1, 0.15) is 31.7 Å². The second-order valence-corrected chi connectivity index (χ2v) is 7.03. The van der Waals surface area contributed by atoms with Gasteiger partial charge in [0, 0.05) is 13.1 Å². The van der Waals surface area contributed by atoms with Crippen molar-refractivity contribution in [2.45, 2.75) is 38.9 Å². The van der Waals surface area contributed by atoms with E-state index in [9.17, 15) is 14.7 Å². The summed E-state index contributed by atoms with van der Waals surface area (Å²) >= 11 is 0. The number of carboxylic acid groups (broad SMARTS) is 1. The molecule has 0 spiro atoms. The minimum absolute atomic E-state index is 0.00894. The molecule has 25 heavy (non-hydrogen) atoms. The van der Waals surface area contributed by atoms with E-state index in [-0.39, 0.29) is 12.1 Å². The van der Waals surface area contributed by atoms with Crippen LogP contribution in [-0.4, -0.2) is 59.2 Å². The number of hydrogen-bond acceptors (Lipinski definition) is 3. The van der Waals surface area contributed by atoms with Gasteiger partial charge in [0.1, 0.15) is 0 Å². The number of carboxylic acids is 1. The van der Waals surface area contributed by atoms with Crippen molar-refractivity contribution in [3.63, 3.8) is 0 Å². The topological polar surface area (TPSA) is 70.1 Å². The summed E-state index contributed by atoms with van der Waals surface area (Å²) in [6.07, 6.45) is 1.77. The van der Waals surface area contributed by atoms with Crippen LogP contribution in [-0.2, 0) is 16.1 Å². The van der Waals surface area contributed by atoms with Crippen LogP contribution in [0, 0.1) is 5.41 Å². The number of carbonyl (C=O) groups excluding carboxylic acids is 1. The van der Waals surface area contributed by atoms with Crippen LogP contribution in [0.4, 0.5) is 4.79 Å². The Morgan fingerprint density at radius 3 is 2.36 bits per heavy atom. The molecule has 136 valence electrons. The summed E-state index contributed by atoms with van der Waals surface area (Å²) in [5.41, 5.74) is 0.473. The molecule has 2 fully saturated rings. The molecule has 2 amide bonds. The molecular weight excluding hydrogens is 320 g/mol. The molecule has 3 rings (SSSR count). The van der Waals surface area contributed by atoms with Gasteiger partial charge in [-0.25, -0.2) is 4.79 Å². The second-order valence-electron chi connectivity index (χ2n) is 7.03. The summed E-state index contributed by atoms with van der Waals surface area (Å²) < 4.78 is 5.82. The maximum absolute atomic E-state index is 12.5. The number of piperidine rings is 1. The fourth-order valence-corrected chi connectivity index (χ4v) is 3.53. The van der Waals surface area contributed by atoms with Crippen LogP contribution in [0.25, 0.3) is 0 Å². The summed E-state index contributed by atoms with van der Waals surface area (Å²) in [6.45, 7) is 4.74. The maximum atomic E-state index is 12.5. The number of rotatable bonds is 5. The van der Waals surface area contributed by atoms with Crippen LogP contribution >= 0.6 is 0 Å². The first-order valence-electron chi connectivity index (χ1n) is 8.97. The van der Waals surface area contributed by atoms with Crippen molar-refractivity contribution in [1.82, 2.24) is 9.80 Å².